The Hall–Kier alpha value is -4.16. The second-order valence-electron chi connectivity index (χ2n) is 16.4. The summed E-state index contributed by atoms with van der Waals surface area (Å²) in [4.78, 5) is 15.4. The molecule has 0 radical (unpaired) electrons. The molecule has 3 aromatic rings. The molecule has 0 N–H and O–H groups in total. The van der Waals surface area contributed by atoms with Gasteiger partial charge in [-0.2, -0.15) is 4.58 Å². The summed E-state index contributed by atoms with van der Waals surface area (Å²) in [5.41, 5.74) is 13.1. The zero-order valence-corrected chi connectivity index (χ0v) is 35.3. The molecule has 2 heterocycles. The van der Waals surface area contributed by atoms with Gasteiger partial charge in [-0.25, -0.2) is 8.42 Å². The summed E-state index contributed by atoms with van der Waals surface area (Å²) in [5, 5.41) is 0.861. The highest BCUT2D eigenvalue weighted by atomic mass is 35.5. The smallest absolute Gasteiger partial charge is 0.311 e. The Morgan fingerprint density at radius 1 is 0.964 bits per heavy atom. The van der Waals surface area contributed by atoms with E-state index in [0.717, 1.165) is 96.0 Å². The lowest BCUT2D eigenvalue weighted by molar-refractivity contribution is -0.433. The van der Waals surface area contributed by atoms with E-state index in [9.17, 15) is 13.2 Å². The second-order valence-corrected chi connectivity index (χ2v) is 18.8. The van der Waals surface area contributed by atoms with Gasteiger partial charge in [0.15, 0.2) is 15.5 Å². The van der Waals surface area contributed by atoms with E-state index in [1.54, 1.807) is 6.07 Å². The first-order valence-corrected chi connectivity index (χ1v) is 22.0. The molecule has 1 unspecified atom stereocenters. The predicted molar refractivity (Wildman–Crippen MR) is 226 cm³/mol. The number of anilines is 1. The monoisotopic (exact) mass is 779 g/mol. The summed E-state index contributed by atoms with van der Waals surface area (Å²) < 4.78 is 32.8. The van der Waals surface area contributed by atoms with Crippen LogP contribution in [-0.4, -0.2) is 44.0 Å². The van der Waals surface area contributed by atoms with Crippen LogP contribution in [0.4, 0.5) is 11.4 Å². The molecule has 3 aliphatic rings. The molecule has 0 spiro atoms. The Morgan fingerprint density at radius 2 is 1.69 bits per heavy atom. The van der Waals surface area contributed by atoms with Crippen LogP contribution in [0.1, 0.15) is 102 Å². The van der Waals surface area contributed by atoms with Gasteiger partial charge in [-0.15, -0.1) is 5.73 Å². The van der Waals surface area contributed by atoms with Crippen LogP contribution in [0.2, 0.25) is 0 Å². The van der Waals surface area contributed by atoms with Gasteiger partial charge < -0.3 is 9.64 Å². The van der Waals surface area contributed by atoms with E-state index in [0.29, 0.717) is 17.1 Å². The molecule has 6 nitrogen and oxygen atoms in total. The summed E-state index contributed by atoms with van der Waals surface area (Å²) >= 11 is 7.24. The summed E-state index contributed by atoms with van der Waals surface area (Å²) in [6.07, 6.45) is 13.7. The van der Waals surface area contributed by atoms with E-state index < -0.39 is 9.84 Å². The zero-order valence-electron chi connectivity index (χ0n) is 33.8. The molecular formula is C47H56ClN2O4S+. The molecule has 0 aromatic heterocycles. The number of unbranched alkanes of at least 4 members (excludes halogenated alkanes) is 2. The van der Waals surface area contributed by atoms with Crippen LogP contribution in [0.3, 0.4) is 0 Å². The Bertz CT molecular complexity index is 2250. The lowest BCUT2D eigenvalue weighted by Gasteiger charge is -2.26. The average molecular weight is 780 g/mol. The SMILES string of the molecule is CC[N+]1=C(/C=C/C2=C(Cl)C(C=C=C3N(CCCCCC(=O)Oc4c(C)cccc4C)c4ccccc4C3(C)C)CCC2)C(C)(C)c2cc(S(C)(=O)=O)ccc21. The lowest BCUT2D eigenvalue weighted by Crippen LogP contribution is -2.27. The van der Waals surface area contributed by atoms with Gasteiger partial charge in [0.1, 0.15) is 12.3 Å². The van der Waals surface area contributed by atoms with Gasteiger partial charge in [0.05, 0.1) is 16.0 Å². The number of allylic oxidation sites excluding steroid dienone is 5. The van der Waals surface area contributed by atoms with E-state index in [2.05, 4.69) is 92.3 Å². The van der Waals surface area contributed by atoms with Crippen molar-refractivity contribution in [3.8, 4) is 5.75 Å². The quantitative estimate of drug-likeness (QED) is 0.0602. The number of fused-ring (bicyclic) bond motifs is 2. The topological polar surface area (TPSA) is 66.7 Å². The number of carbonyl (C=O) groups is 1. The number of rotatable bonds is 12. The first-order valence-electron chi connectivity index (χ1n) is 19.7. The van der Waals surface area contributed by atoms with Crippen LogP contribution in [0.5, 0.6) is 5.75 Å². The van der Waals surface area contributed by atoms with Crippen molar-refractivity contribution in [3.05, 3.63) is 123 Å². The number of hydrogen-bond donors (Lipinski definition) is 0. The fourth-order valence-corrected chi connectivity index (χ4v) is 9.53. The molecule has 3 aromatic carbocycles. The highest BCUT2D eigenvalue weighted by Crippen LogP contribution is 2.48. The van der Waals surface area contributed by atoms with E-state index in [-0.39, 0.29) is 22.7 Å². The number of sulfone groups is 1. The van der Waals surface area contributed by atoms with Gasteiger partial charge in [-0.3, -0.25) is 4.79 Å². The predicted octanol–water partition coefficient (Wildman–Crippen LogP) is 11.0. The zero-order chi connectivity index (χ0) is 39.7. The molecule has 1 atom stereocenters. The van der Waals surface area contributed by atoms with Gasteiger partial charge in [0, 0.05) is 59.0 Å². The van der Waals surface area contributed by atoms with E-state index in [1.807, 2.05) is 44.2 Å². The third kappa shape index (κ3) is 8.21. The van der Waals surface area contributed by atoms with Crippen molar-refractivity contribution in [2.75, 3.05) is 24.2 Å². The molecule has 0 bridgehead atoms. The van der Waals surface area contributed by atoms with Crippen LogP contribution >= 0.6 is 11.6 Å². The largest absolute Gasteiger partial charge is 0.426 e. The minimum Gasteiger partial charge on any atom is -0.426 e. The maximum absolute atomic E-state index is 12.7. The van der Waals surface area contributed by atoms with Crippen molar-refractivity contribution in [1.29, 1.82) is 0 Å². The number of hydrogen-bond acceptors (Lipinski definition) is 5. The summed E-state index contributed by atoms with van der Waals surface area (Å²) in [5.74, 6) is 0.561. The fourth-order valence-electron chi connectivity index (χ4n) is 8.56. The number of nitrogens with zero attached hydrogens (tertiary/aromatic N) is 2. The van der Waals surface area contributed by atoms with Crippen molar-refractivity contribution in [2.45, 2.75) is 109 Å². The highest BCUT2D eigenvalue weighted by molar-refractivity contribution is 7.90. The fraction of sp³-hybridized carbons (Fsp3) is 0.426. The molecule has 2 aliphatic heterocycles. The number of benzene rings is 3. The molecule has 290 valence electrons. The van der Waals surface area contributed by atoms with Crippen molar-refractivity contribution in [3.63, 3.8) is 0 Å². The Labute approximate surface area is 333 Å². The minimum absolute atomic E-state index is 0.0604. The standard InChI is InChI=1S/C47H56ClN2O4S/c1-9-49-40-27-26-36(55(8,52)53)31-38(40)47(6,7)41(49)28-24-34-19-16-20-35(44(34)48)25-29-42-46(4,5)37-21-12-13-22-39(37)50(42)30-14-10-11-23-43(51)54-45-32(2)17-15-18-33(45)3/h12-13,15,17-18,21-22,24-28,31,35H,9-11,14,16,19-20,23,30H2,1-8H3/q+1/b28-24+. The maximum Gasteiger partial charge on any atom is 0.311 e. The molecule has 0 saturated carbocycles. The Morgan fingerprint density at radius 3 is 2.40 bits per heavy atom. The maximum atomic E-state index is 12.7. The lowest BCUT2D eigenvalue weighted by atomic mass is 9.81. The summed E-state index contributed by atoms with van der Waals surface area (Å²) in [7, 11) is -3.32. The number of carbonyl (C=O) groups excluding carboxylic acids is 1. The van der Waals surface area contributed by atoms with Crippen LogP contribution in [0.15, 0.2) is 106 Å². The van der Waals surface area contributed by atoms with Gasteiger partial charge in [0.2, 0.25) is 5.69 Å². The van der Waals surface area contributed by atoms with Gasteiger partial charge in [-0.1, -0.05) is 60.5 Å². The van der Waals surface area contributed by atoms with E-state index in [4.69, 9.17) is 16.3 Å². The molecule has 55 heavy (non-hydrogen) atoms. The van der Waals surface area contributed by atoms with Crippen molar-refractivity contribution >= 4 is 44.5 Å². The summed E-state index contributed by atoms with van der Waals surface area (Å²) in [6.45, 7) is 16.5. The van der Waals surface area contributed by atoms with Crippen LogP contribution < -0.4 is 9.64 Å². The van der Waals surface area contributed by atoms with Gasteiger partial charge in [0.25, 0.3) is 0 Å². The molecule has 6 rings (SSSR count). The molecule has 8 heteroatoms. The minimum atomic E-state index is -3.32. The molecule has 0 amide bonds. The third-order valence-electron chi connectivity index (χ3n) is 11.7. The number of esters is 1. The normalized spacial score (nSPS) is 18.8. The molecular weight excluding hydrogens is 724 g/mol. The van der Waals surface area contributed by atoms with Crippen molar-refractivity contribution in [2.24, 2.45) is 5.92 Å². The molecule has 1 aliphatic carbocycles. The highest BCUT2D eigenvalue weighted by Gasteiger charge is 2.44. The second kappa shape index (κ2) is 16.1. The van der Waals surface area contributed by atoms with Gasteiger partial charge in [-0.05, 0) is 127 Å². The average Bonchev–Trinajstić information content (AvgIpc) is 3.49. The van der Waals surface area contributed by atoms with E-state index >= 15 is 0 Å². The first-order chi connectivity index (χ1) is 26.0. The first kappa shape index (κ1) is 40.5. The number of aryl methyl sites for hydroxylation is 2. The Kier molecular flexibility index (Phi) is 11.9. The summed E-state index contributed by atoms with van der Waals surface area (Å²) in [6, 6.07) is 20.0. The van der Waals surface area contributed by atoms with Gasteiger partial charge >= 0.3 is 5.97 Å². The molecule has 0 fully saturated rings. The van der Waals surface area contributed by atoms with Crippen molar-refractivity contribution < 1.29 is 22.5 Å². The van der Waals surface area contributed by atoms with Crippen LogP contribution in [-0.2, 0) is 25.5 Å². The number of ether oxygens (including phenoxy) is 1. The number of halogens is 1. The van der Waals surface area contributed by atoms with E-state index in [1.165, 1.54) is 17.5 Å². The third-order valence-corrected chi connectivity index (χ3v) is 13.3. The molecule has 0 saturated heterocycles. The number of para-hydroxylation sites is 2. The van der Waals surface area contributed by atoms with Crippen LogP contribution in [0.25, 0.3) is 0 Å². The van der Waals surface area contributed by atoms with Crippen LogP contribution in [0, 0.1) is 19.8 Å². The Balaban J connectivity index is 1.19. The van der Waals surface area contributed by atoms with Crippen molar-refractivity contribution in [1.82, 2.24) is 0 Å².